The number of fused-ring (bicyclic) bond motifs is 3. The van der Waals surface area contributed by atoms with Gasteiger partial charge in [0.1, 0.15) is 15.7 Å². The van der Waals surface area contributed by atoms with E-state index >= 15 is 0 Å². The summed E-state index contributed by atoms with van der Waals surface area (Å²) in [5, 5.41) is 11.8. The highest BCUT2D eigenvalue weighted by atomic mass is 35.5. The molecule has 0 radical (unpaired) electrons. The highest BCUT2D eigenvalue weighted by Crippen LogP contribution is 2.35. The van der Waals surface area contributed by atoms with Crippen molar-refractivity contribution in [2.75, 3.05) is 0 Å². The fourth-order valence-corrected chi connectivity index (χ4v) is 4.55. The van der Waals surface area contributed by atoms with E-state index in [0.717, 1.165) is 31.2 Å². The largest absolute Gasteiger partial charge is 0.306 e. The number of H-pyrrole nitrogens is 1. The lowest BCUT2D eigenvalue weighted by molar-refractivity contribution is -0.384. The standard InChI is InChI=1S/C16H12ClN3O3S/c17-10-6-5-8(7-11(10)20(22)23)14-18-15(21)13-9-3-1-2-4-12(9)24-16(13)19-14/h5-7H,1-4H2,(H,18,19,21). The van der Waals surface area contributed by atoms with Gasteiger partial charge >= 0.3 is 0 Å². The van der Waals surface area contributed by atoms with Gasteiger partial charge in [0.2, 0.25) is 0 Å². The van der Waals surface area contributed by atoms with Gasteiger partial charge in [-0.25, -0.2) is 4.98 Å². The predicted octanol–water partition coefficient (Wildman–Crippen LogP) is 4.09. The van der Waals surface area contributed by atoms with Crippen LogP contribution in [0.15, 0.2) is 23.0 Å². The molecule has 0 unspecified atom stereocenters. The van der Waals surface area contributed by atoms with E-state index in [2.05, 4.69) is 9.97 Å². The van der Waals surface area contributed by atoms with E-state index in [0.29, 0.717) is 21.6 Å². The zero-order valence-corrected chi connectivity index (χ0v) is 14.0. The molecule has 1 N–H and O–H groups in total. The number of aryl methyl sites for hydroxylation is 2. The summed E-state index contributed by atoms with van der Waals surface area (Å²) in [7, 11) is 0. The smallest absolute Gasteiger partial charge is 0.288 e. The summed E-state index contributed by atoms with van der Waals surface area (Å²) in [5.74, 6) is 0.325. The van der Waals surface area contributed by atoms with E-state index in [4.69, 9.17) is 11.6 Å². The van der Waals surface area contributed by atoms with Crippen LogP contribution >= 0.6 is 22.9 Å². The molecule has 0 spiro atoms. The Labute approximate surface area is 145 Å². The molecule has 0 aliphatic heterocycles. The van der Waals surface area contributed by atoms with Crippen LogP contribution in [0.4, 0.5) is 5.69 Å². The topological polar surface area (TPSA) is 88.9 Å². The number of nitro groups is 1. The van der Waals surface area contributed by atoms with Gasteiger partial charge in [-0.3, -0.25) is 14.9 Å². The van der Waals surface area contributed by atoms with Crippen LogP contribution in [0.5, 0.6) is 0 Å². The van der Waals surface area contributed by atoms with E-state index in [1.54, 1.807) is 17.4 Å². The quantitative estimate of drug-likeness (QED) is 0.550. The van der Waals surface area contributed by atoms with Gasteiger partial charge in [-0.1, -0.05) is 11.6 Å². The molecule has 3 aromatic rings. The molecule has 122 valence electrons. The Balaban J connectivity index is 1.91. The van der Waals surface area contributed by atoms with Crippen LogP contribution in [0.3, 0.4) is 0 Å². The second kappa shape index (κ2) is 5.68. The molecule has 1 aliphatic carbocycles. The number of nitro benzene ring substituents is 1. The Morgan fingerprint density at radius 1 is 1.29 bits per heavy atom. The number of hydrogen-bond donors (Lipinski definition) is 1. The lowest BCUT2D eigenvalue weighted by Crippen LogP contribution is -2.11. The fraction of sp³-hybridized carbons (Fsp3) is 0.250. The summed E-state index contributed by atoms with van der Waals surface area (Å²) in [5.41, 5.74) is 1.19. The van der Waals surface area contributed by atoms with Gasteiger partial charge in [0.05, 0.1) is 10.3 Å². The molecule has 4 rings (SSSR count). The first-order valence-electron chi connectivity index (χ1n) is 7.53. The Bertz CT molecular complexity index is 1040. The Morgan fingerprint density at radius 3 is 2.88 bits per heavy atom. The number of aromatic amines is 1. The Kier molecular flexibility index (Phi) is 3.62. The first-order chi connectivity index (χ1) is 11.5. The number of hydrogen-bond acceptors (Lipinski definition) is 5. The number of halogens is 1. The van der Waals surface area contributed by atoms with Crippen molar-refractivity contribution in [2.45, 2.75) is 25.7 Å². The molecule has 0 bridgehead atoms. The van der Waals surface area contributed by atoms with E-state index in [9.17, 15) is 14.9 Å². The summed E-state index contributed by atoms with van der Waals surface area (Å²) in [6, 6.07) is 4.39. The maximum Gasteiger partial charge on any atom is 0.288 e. The minimum Gasteiger partial charge on any atom is -0.306 e. The average Bonchev–Trinajstić information content (AvgIpc) is 2.93. The van der Waals surface area contributed by atoms with Crippen LogP contribution in [-0.4, -0.2) is 14.9 Å². The number of rotatable bonds is 2. The summed E-state index contributed by atoms with van der Waals surface area (Å²) in [6.07, 6.45) is 4.11. The molecule has 0 saturated heterocycles. The first-order valence-corrected chi connectivity index (χ1v) is 8.73. The van der Waals surface area contributed by atoms with Gasteiger partial charge in [-0.05, 0) is 43.4 Å². The lowest BCUT2D eigenvalue weighted by Gasteiger charge is -2.09. The van der Waals surface area contributed by atoms with Gasteiger partial charge in [0, 0.05) is 16.5 Å². The molecule has 0 atom stereocenters. The molecule has 0 saturated carbocycles. The van der Waals surface area contributed by atoms with E-state index in [-0.39, 0.29) is 16.3 Å². The van der Waals surface area contributed by atoms with Crippen LogP contribution in [0.2, 0.25) is 5.02 Å². The van der Waals surface area contributed by atoms with Gasteiger partial charge < -0.3 is 4.98 Å². The van der Waals surface area contributed by atoms with E-state index < -0.39 is 4.92 Å². The molecule has 1 aromatic carbocycles. The normalized spacial score (nSPS) is 13.9. The summed E-state index contributed by atoms with van der Waals surface area (Å²) in [6.45, 7) is 0. The number of thiophene rings is 1. The van der Waals surface area contributed by atoms with Crippen molar-refractivity contribution >= 4 is 38.8 Å². The molecule has 2 aromatic heterocycles. The summed E-state index contributed by atoms with van der Waals surface area (Å²) in [4.78, 5) is 32.3. The molecule has 0 amide bonds. The number of benzene rings is 1. The number of nitrogens with zero attached hydrogens (tertiary/aromatic N) is 2. The van der Waals surface area contributed by atoms with Gasteiger partial charge in [0.15, 0.2) is 0 Å². The van der Waals surface area contributed by atoms with E-state index in [1.165, 1.54) is 17.0 Å². The van der Waals surface area contributed by atoms with Crippen LogP contribution in [0.1, 0.15) is 23.3 Å². The van der Waals surface area contributed by atoms with Crippen molar-refractivity contribution in [1.29, 1.82) is 0 Å². The van der Waals surface area contributed by atoms with Crippen LogP contribution in [0, 0.1) is 10.1 Å². The Morgan fingerprint density at radius 2 is 2.08 bits per heavy atom. The van der Waals surface area contributed by atoms with Crippen LogP contribution in [0.25, 0.3) is 21.6 Å². The molecule has 0 fully saturated rings. The van der Waals surface area contributed by atoms with Gasteiger partial charge in [-0.15, -0.1) is 11.3 Å². The second-order valence-corrected chi connectivity index (χ2v) is 7.22. The SMILES string of the molecule is O=c1[nH]c(-c2ccc(Cl)c([N+](=O)[O-])c2)nc2sc3c(c12)CCCC3. The fourth-order valence-electron chi connectivity index (χ4n) is 3.10. The molecule has 6 nitrogen and oxygen atoms in total. The molecular weight excluding hydrogens is 350 g/mol. The average molecular weight is 362 g/mol. The third-order valence-electron chi connectivity index (χ3n) is 4.24. The molecule has 2 heterocycles. The first kappa shape index (κ1) is 15.3. The highest BCUT2D eigenvalue weighted by molar-refractivity contribution is 7.18. The molecule has 24 heavy (non-hydrogen) atoms. The van der Waals surface area contributed by atoms with Gasteiger partial charge in [-0.2, -0.15) is 0 Å². The zero-order chi connectivity index (χ0) is 16.8. The van der Waals surface area contributed by atoms with Crippen molar-refractivity contribution in [3.63, 3.8) is 0 Å². The van der Waals surface area contributed by atoms with E-state index in [1.807, 2.05) is 0 Å². The van der Waals surface area contributed by atoms with Crippen molar-refractivity contribution in [2.24, 2.45) is 0 Å². The van der Waals surface area contributed by atoms with Crippen molar-refractivity contribution in [1.82, 2.24) is 9.97 Å². The minimum absolute atomic E-state index is 0.0544. The maximum absolute atomic E-state index is 12.5. The molecule has 8 heteroatoms. The van der Waals surface area contributed by atoms with Crippen molar-refractivity contribution in [3.8, 4) is 11.4 Å². The lowest BCUT2D eigenvalue weighted by atomic mass is 9.97. The minimum atomic E-state index is -0.549. The second-order valence-electron chi connectivity index (χ2n) is 5.73. The maximum atomic E-state index is 12.5. The number of aromatic nitrogens is 2. The molecular formula is C16H12ClN3O3S. The van der Waals surface area contributed by atoms with Crippen molar-refractivity contribution in [3.05, 3.63) is 54.1 Å². The van der Waals surface area contributed by atoms with Crippen LogP contribution < -0.4 is 5.56 Å². The Hall–Kier alpha value is -2.25. The van der Waals surface area contributed by atoms with Crippen molar-refractivity contribution < 1.29 is 4.92 Å². The summed E-state index contributed by atoms with van der Waals surface area (Å²) < 4.78 is 0. The molecule has 1 aliphatic rings. The summed E-state index contributed by atoms with van der Waals surface area (Å²) >= 11 is 7.39. The number of nitrogens with one attached hydrogen (secondary N) is 1. The monoisotopic (exact) mass is 361 g/mol. The third kappa shape index (κ3) is 2.40. The predicted molar refractivity (Wildman–Crippen MR) is 94.0 cm³/mol. The van der Waals surface area contributed by atoms with Gasteiger partial charge in [0.25, 0.3) is 11.2 Å². The van der Waals surface area contributed by atoms with Crippen LogP contribution in [-0.2, 0) is 12.8 Å². The third-order valence-corrected chi connectivity index (χ3v) is 5.75. The highest BCUT2D eigenvalue weighted by Gasteiger charge is 2.21. The zero-order valence-electron chi connectivity index (χ0n) is 12.5.